The Bertz CT molecular complexity index is 1780. The number of anilines is 2. The summed E-state index contributed by atoms with van der Waals surface area (Å²) in [5, 5.41) is 8.64. The molecule has 0 saturated carbocycles. The Morgan fingerprint density at radius 3 is 2.37 bits per heavy atom. The van der Waals surface area contributed by atoms with Crippen LogP contribution in [0.2, 0.25) is 0 Å². The van der Waals surface area contributed by atoms with E-state index >= 15 is 0 Å². The van der Waals surface area contributed by atoms with Gasteiger partial charge in [0.25, 0.3) is 5.91 Å². The second-order valence-electron chi connectivity index (χ2n) is 9.60. The van der Waals surface area contributed by atoms with Crippen molar-refractivity contribution in [1.29, 1.82) is 0 Å². The maximum absolute atomic E-state index is 13.2. The van der Waals surface area contributed by atoms with Gasteiger partial charge in [-0.15, -0.1) is 0 Å². The predicted molar refractivity (Wildman–Crippen MR) is 156 cm³/mol. The van der Waals surface area contributed by atoms with Crippen molar-refractivity contribution in [2.75, 3.05) is 36.9 Å². The molecule has 12 heteroatoms. The summed E-state index contributed by atoms with van der Waals surface area (Å²) >= 11 is 0. The zero-order valence-corrected chi connectivity index (χ0v) is 23.1. The van der Waals surface area contributed by atoms with E-state index in [-0.39, 0.29) is 30.1 Å². The molecule has 2 heterocycles. The summed E-state index contributed by atoms with van der Waals surface area (Å²) in [6.07, 6.45) is 0. The number of carbonyl (C=O) groups excluding carboxylic acids is 2. The average Bonchev–Trinajstić information content (AvgIpc) is 2.96. The topological polar surface area (TPSA) is 150 Å². The first-order valence-corrected chi connectivity index (χ1v) is 14.4. The average molecular weight is 576 g/mol. The molecule has 11 nitrogen and oxygen atoms in total. The smallest absolute Gasteiger partial charge is 0.323 e. The van der Waals surface area contributed by atoms with Crippen molar-refractivity contribution in [3.63, 3.8) is 0 Å². The van der Waals surface area contributed by atoms with E-state index in [0.717, 1.165) is 11.6 Å². The van der Waals surface area contributed by atoms with Crippen LogP contribution in [0.15, 0.2) is 82.5 Å². The summed E-state index contributed by atoms with van der Waals surface area (Å²) in [4.78, 5) is 40.6. The van der Waals surface area contributed by atoms with Gasteiger partial charge in [0, 0.05) is 48.0 Å². The Hall–Kier alpha value is -4.52. The normalized spacial score (nSPS) is 14.0. The molecule has 1 saturated heterocycles. The largest absolute Gasteiger partial charge is 0.379 e. The number of aryl methyl sites for hydroxylation is 1. The van der Waals surface area contributed by atoms with E-state index in [4.69, 9.17) is 4.74 Å². The number of fused-ring (bicyclic) bond motifs is 1. The van der Waals surface area contributed by atoms with E-state index in [2.05, 4.69) is 20.9 Å². The molecular weight excluding hydrogens is 546 g/mol. The lowest BCUT2D eigenvalue weighted by Gasteiger charge is -2.26. The van der Waals surface area contributed by atoms with E-state index in [0.29, 0.717) is 41.1 Å². The van der Waals surface area contributed by atoms with Crippen LogP contribution in [0.3, 0.4) is 0 Å². The van der Waals surface area contributed by atoms with Crippen molar-refractivity contribution in [3.05, 3.63) is 99.8 Å². The molecule has 0 aliphatic carbocycles. The molecule has 4 aromatic rings. The number of nitrogens with one attached hydrogen (secondary N) is 4. The highest BCUT2D eigenvalue weighted by Gasteiger charge is 2.27. The number of morpholine rings is 1. The SMILES string of the molecule is Cc1cccc(NC(=O)Nc2cccc(CNC(=O)c3cc(=O)[nH]c4ccc(S(=O)(=O)N5CCOCC5)cc34)c2)c1. The molecule has 0 atom stereocenters. The molecule has 1 aromatic heterocycles. The number of rotatable bonds is 7. The second-order valence-corrected chi connectivity index (χ2v) is 11.5. The molecule has 4 N–H and O–H groups in total. The number of benzene rings is 3. The van der Waals surface area contributed by atoms with E-state index in [1.54, 1.807) is 30.3 Å². The van der Waals surface area contributed by atoms with Gasteiger partial charge in [-0.2, -0.15) is 4.31 Å². The number of nitrogens with zero attached hydrogens (tertiary/aromatic N) is 1. The van der Waals surface area contributed by atoms with Crippen LogP contribution in [-0.4, -0.2) is 55.9 Å². The number of aromatic nitrogens is 1. The van der Waals surface area contributed by atoms with Gasteiger partial charge in [0.2, 0.25) is 15.6 Å². The van der Waals surface area contributed by atoms with Gasteiger partial charge in [0.15, 0.2) is 0 Å². The molecule has 5 rings (SSSR count). The van der Waals surface area contributed by atoms with Gasteiger partial charge in [-0.05, 0) is 60.5 Å². The van der Waals surface area contributed by atoms with Gasteiger partial charge in [-0.1, -0.05) is 24.3 Å². The molecule has 1 aliphatic rings. The van der Waals surface area contributed by atoms with E-state index < -0.39 is 27.5 Å². The zero-order chi connectivity index (χ0) is 29.0. The Labute approximate surface area is 236 Å². The number of amides is 3. The quantitative estimate of drug-likeness (QED) is 0.265. The van der Waals surface area contributed by atoms with Crippen LogP contribution >= 0.6 is 0 Å². The summed E-state index contributed by atoms with van der Waals surface area (Å²) in [6, 6.07) is 19.4. The third kappa shape index (κ3) is 6.62. The van der Waals surface area contributed by atoms with Crippen LogP contribution in [0.4, 0.5) is 16.2 Å². The van der Waals surface area contributed by atoms with E-state index in [9.17, 15) is 22.8 Å². The number of H-pyrrole nitrogens is 1. The fourth-order valence-corrected chi connectivity index (χ4v) is 6.00. The molecule has 0 radical (unpaired) electrons. The van der Waals surface area contributed by atoms with Crippen molar-refractivity contribution >= 4 is 44.2 Å². The van der Waals surface area contributed by atoms with Crippen molar-refractivity contribution < 1.29 is 22.7 Å². The highest BCUT2D eigenvalue weighted by Crippen LogP contribution is 2.24. The Morgan fingerprint density at radius 1 is 0.927 bits per heavy atom. The number of aromatic amines is 1. The van der Waals surface area contributed by atoms with Crippen molar-refractivity contribution in [2.24, 2.45) is 0 Å². The van der Waals surface area contributed by atoms with Gasteiger partial charge in [0.05, 0.1) is 23.7 Å². The Morgan fingerprint density at radius 2 is 1.63 bits per heavy atom. The third-order valence-corrected chi connectivity index (χ3v) is 8.48. The lowest BCUT2D eigenvalue weighted by molar-refractivity contribution is 0.0730. The summed E-state index contributed by atoms with van der Waals surface area (Å²) in [5.74, 6) is -0.544. The number of sulfonamides is 1. The van der Waals surface area contributed by atoms with Crippen molar-refractivity contribution in [1.82, 2.24) is 14.6 Å². The van der Waals surface area contributed by atoms with Crippen molar-refractivity contribution in [3.8, 4) is 0 Å². The first kappa shape index (κ1) is 28.0. The summed E-state index contributed by atoms with van der Waals surface area (Å²) < 4.78 is 33.0. The molecule has 1 aliphatic heterocycles. The van der Waals surface area contributed by atoms with Crippen LogP contribution in [-0.2, 0) is 21.3 Å². The molecular formula is C29H29N5O6S. The monoisotopic (exact) mass is 575 g/mol. The van der Waals surface area contributed by atoms with Crippen LogP contribution in [0.5, 0.6) is 0 Å². The first-order chi connectivity index (χ1) is 19.7. The molecule has 3 amide bonds. The number of hydrogen-bond acceptors (Lipinski definition) is 6. The Balaban J connectivity index is 1.31. The van der Waals surface area contributed by atoms with Gasteiger partial charge in [-0.3, -0.25) is 9.59 Å². The maximum Gasteiger partial charge on any atom is 0.323 e. The van der Waals surface area contributed by atoms with Crippen LogP contribution in [0.1, 0.15) is 21.5 Å². The second kappa shape index (κ2) is 11.9. The Kier molecular flexibility index (Phi) is 8.15. The first-order valence-electron chi connectivity index (χ1n) is 13.0. The van der Waals surface area contributed by atoms with E-state index in [1.807, 2.05) is 25.1 Å². The molecule has 0 spiro atoms. The minimum Gasteiger partial charge on any atom is -0.379 e. The number of carbonyl (C=O) groups is 2. The molecule has 3 aromatic carbocycles. The summed E-state index contributed by atoms with van der Waals surface area (Å²) in [6.45, 7) is 3.13. The minimum atomic E-state index is -3.81. The highest BCUT2D eigenvalue weighted by atomic mass is 32.2. The van der Waals surface area contributed by atoms with Crippen LogP contribution < -0.4 is 21.5 Å². The minimum absolute atomic E-state index is 0.0238. The standard InChI is InChI=1S/C29H29N5O6S/c1-19-4-2-6-21(14-19)31-29(37)32-22-7-3-5-20(15-22)18-30-28(36)25-17-27(35)33-26-9-8-23(16-24(25)26)41(38,39)34-10-12-40-13-11-34/h2-9,14-17H,10-13,18H2,1H3,(H,30,36)(H,33,35)(H2,31,32,37). The fourth-order valence-electron chi connectivity index (χ4n) is 4.57. The number of hydrogen-bond donors (Lipinski definition) is 4. The molecule has 0 bridgehead atoms. The van der Waals surface area contributed by atoms with E-state index in [1.165, 1.54) is 22.5 Å². The van der Waals surface area contributed by atoms with Gasteiger partial charge >= 0.3 is 6.03 Å². The fraction of sp³-hybridized carbons (Fsp3) is 0.207. The summed E-state index contributed by atoms with van der Waals surface area (Å²) in [7, 11) is -3.81. The number of urea groups is 1. The molecule has 41 heavy (non-hydrogen) atoms. The third-order valence-electron chi connectivity index (χ3n) is 6.58. The lowest BCUT2D eigenvalue weighted by atomic mass is 10.1. The van der Waals surface area contributed by atoms with Gasteiger partial charge < -0.3 is 25.7 Å². The zero-order valence-electron chi connectivity index (χ0n) is 22.3. The van der Waals surface area contributed by atoms with Crippen LogP contribution in [0.25, 0.3) is 10.9 Å². The van der Waals surface area contributed by atoms with Crippen molar-refractivity contribution in [2.45, 2.75) is 18.4 Å². The predicted octanol–water partition coefficient (Wildman–Crippen LogP) is 3.43. The van der Waals surface area contributed by atoms with Gasteiger partial charge in [-0.25, -0.2) is 13.2 Å². The number of pyridine rings is 1. The summed E-state index contributed by atoms with van der Waals surface area (Å²) in [5.41, 5.74) is 2.82. The molecule has 0 unspecified atom stereocenters. The molecule has 1 fully saturated rings. The van der Waals surface area contributed by atoms with Gasteiger partial charge in [0.1, 0.15) is 0 Å². The number of ether oxygens (including phenoxy) is 1. The molecule has 212 valence electrons. The highest BCUT2D eigenvalue weighted by molar-refractivity contribution is 7.89. The lowest BCUT2D eigenvalue weighted by Crippen LogP contribution is -2.40. The maximum atomic E-state index is 13.2. The van der Waals surface area contributed by atoms with Crippen LogP contribution in [0, 0.1) is 6.92 Å².